The van der Waals surface area contributed by atoms with Gasteiger partial charge in [-0.15, -0.1) is 0 Å². The lowest BCUT2D eigenvalue weighted by Gasteiger charge is -2.25. The Hall–Kier alpha value is -0.610. The van der Waals surface area contributed by atoms with Gasteiger partial charge in [-0.2, -0.15) is 0 Å². The number of methoxy groups -OCH3 is 1. The van der Waals surface area contributed by atoms with Gasteiger partial charge in [0.25, 0.3) is 0 Å². The number of hydrogen-bond donors (Lipinski definition) is 2. The summed E-state index contributed by atoms with van der Waals surface area (Å²) in [5.41, 5.74) is 5.23. The molecule has 0 radical (unpaired) electrons. The summed E-state index contributed by atoms with van der Waals surface area (Å²) < 4.78 is 5.22. The fourth-order valence-electron chi connectivity index (χ4n) is 1.19. The van der Waals surface area contributed by atoms with Gasteiger partial charge in [-0.05, 0) is 19.8 Å². The van der Waals surface area contributed by atoms with Crippen LogP contribution in [0.15, 0.2) is 0 Å². The topological polar surface area (TPSA) is 64.3 Å². The molecule has 90 valence electrons. The number of carbonyl (C=O) groups excluding carboxylic acids is 1. The van der Waals surface area contributed by atoms with Crippen molar-refractivity contribution in [2.24, 2.45) is 17.6 Å². The van der Waals surface area contributed by atoms with Crippen molar-refractivity contribution in [1.82, 2.24) is 5.32 Å². The maximum Gasteiger partial charge on any atom is 0.224 e. The molecule has 0 aromatic carbocycles. The summed E-state index contributed by atoms with van der Waals surface area (Å²) >= 11 is 0. The Labute approximate surface area is 92.6 Å². The first-order valence-corrected chi connectivity index (χ1v) is 5.37. The first kappa shape index (κ1) is 14.4. The molecule has 0 bridgehead atoms. The second kappa shape index (κ2) is 6.08. The second-order valence-corrected chi connectivity index (χ2v) is 4.77. The zero-order valence-electron chi connectivity index (χ0n) is 10.5. The summed E-state index contributed by atoms with van der Waals surface area (Å²) in [5.74, 6) is 0.163. The molecule has 0 aliphatic rings. The van der Waals surface area contributed by atoms with E-state index in [1.54, 1.807) is 7.11 Å². The molecule has 0 saturated heterocycles. The fraction of sp³-hybridized carbons (Fsp3) is 0.909. The first-order valence-electron chi connectivity index (χ1n) is 5.37. The number of rotatable bonds is 6. The third kappa shape index (κ3) is 5.14. The van der Waals surface area contributed by atoms with E-state index in [0.717, 1.165) is 0 Å². The monoisotopic (exact) mass is 216 g/mol. The third-order valence-electron chi connectivity index (χ3n) is 2.64. The Kier molecular flexibility index (Phi) is 5.83. The molecule has 1 unspecified atom stereocenters. The van der Waals surface area contributed by atoms with Crippen molar-refractivity contribution in [3.05, 3.63) is 0 Å². The minimum Gasteiger partial charge on any atom is -0.377 e. The number of carbonyl (C=O) groups is 1. The van der Waals surface area contributed by atoms with Crippen LogP contribution in [-0.4, -0.2) is 31.7 Å². The van der Waals surface area contributed by atoms with Crippen LogP contribution in [0.4, 0.5) is 0 Å². The van der Waals surface area contributed by atoms with E-state index in [0.29, 0.717) is 13.1 Å². The number of ether oxygens (including phenoxy) is 1. The molecule has 1 atom stereocenters. The van der Waals surface area contributed by atoms with E-state index < -0.39 is 0 Å². The number of hydrogen-bond acceptors (Lipinski definition) is 3. The maximum atomic E-state index is 11.7. The van der Waals surface area contributed by atoms with Crippen molar-refractivity contribution in [1.29, 1.82) is 0 Å². The van der Waals surface area contributed by atoms with Gasteiger partial charge < -0.3 is 15.8 Å². The van der Waals surface area contributed by atoms with E-state index >= 15 is 0 Å². The van der Waals surface area contributed by atoms with Crippen LogP contribution in [0.1, 0.15) is 27.7 Å². The molecule has 0 heterocycles. The van der Waals surface area contributed by atoms with Gasteiger partial charge in [-0.3, -0.25) is 4.79 Å². The van der Waals surface area contributed by atoms with Crippen LogP contribution in [0.2, 0.25) is 0 Å². The van der Waals surface area contributed by atoms with Crippen LogP contribution >= 0.6 is 0 Å². The molecule has 0 rings (SSSR count). The molecule has 0 aliphatic carbocycles. The van der Waals surface area contributed by atoms with Crippen molar-refractivity contribution < 1.29 is 9.53 Å². The third-order valence-corrected chi connectivity index (χ3v) is 2.64. The van der Waals surface area contributed by atoms with Crippen molar-refractivity contribution in [3.63, 3.8) is 0 Å². The van der Waals surface area contributed by atoms with E-state index in [4.69, 9.17) is 10.5 Å². The Morgan fingerprint density at radius 3 is 2.33 bits per heavy atom. The standard InChI is InChI=1S/C11H24N2O2/c1-8(2)9(6-12)10(14)13-7-11(3,4)15-5/h8-9H,6-7,12H2,1-5H3,(H,13,14). The molecule has 0 saturated carbocycles. The molecular formula is C11H24N2O2. The van der Waals surface area contributed by atoms with Gasteiger partial charge in [0.15, 0.2) is 0 Å². The van der Waals surface area contributed by atoms with E-state index in [9.17, 15) is 4.79 Å². The predicted octanol–water partition coefficient (Wildman–Crippen LogP) is 0.759. The summed E-state index contributed by atoms with van der Waals surface area (Å²) in [5, 5.41) is 2.86. The highest BCUT2D eigenvalue weighted by molar-refractivity contribution is 5.79. The molecule has 1 amide bonds. The summed E-state index contributed by atoms with van der Waals surface area (Å²) in [7, 11) is 1.63. The molecule has 3 N–H and O–H groups in total. The van der Waals surface area contributed by atoms with Crippen LogP contribution in [0.5, 0.6) is 0 Å². The van der Waals surface area contributed by atoms with Crippen LogP contribution in [0, 0.1) is 11.8 Å². The SMILES string of the molecule is COC(C)(C)CNC(=O)C(CN)C(C)C. The average molecular weight is 216 g/mol. The minimum atomic E-state index is -0.328. The van der Waals surface area contributed by atoms with Crippen molar-refractivity contribution in [2.75, 3.05) is 20.2 Å². The number of nitrogens with one attached hydrogen (secondary N) is 1. The Morgan fingerprint density at radius 1 is 1.47 bits per heavy atom. The Morgan fingerprint density at radius 2 is 2.00 bits per heavy atom. The van der Waals surface area contributed by atoms with E-state index in [-0.39, 0.29) is 23.3 Å². The molecule has 0 spiro atoms. The highest BCUT2D eigenvalue weighted by Gasteiger charge is 2.23. The van der Waals surface area contributed by atoms with Crippen molar-refractivity contribution in [2.45, 2.75) is 33.3 Å². The van der Waals surface area contributed by atoms with Gasteiger partial charge in [-0.1, -0.05) is 13.8 Å². The fourth-order valence-corrected chi connectivity index (χ4v) is 1.19. The summed E-state index contributed by atoms with van der Waals surface area (Å²) in [4.78, 5) is 11.7. The zero-order chi connectivity index (χ0) is 12.1. The van der Waals surface area contributed by atoms with Gasteiger partial charge in [-0.25, -0.2) is 0 Å². The van der Waals surface area contributed by atoms with Crippen LogP contribution < -0.4 is 11.1 Å². The largest absolute Gasteiger partial charge is 0.377 e. The average Bonchev–Trinajstić information content (AvgIpc) is 2.15. The van der Waals surface area contributed by atoms with Crippen LogP contribution in [-0.2, 0) is 9.53 Å². The van der Waals surface area contributed by atoms with Crippen molar-refractivity contribution >= 4 is 5.91 Å². The summed E-state index contributed by atoms with van der Waals surface area (Å²) in [6, 6.07) is 0. The molecule has 15 heavy (non-hydrogen) atoms. The highest BCUT2D eigenvalue weighted by atomic mass is 16.5. The highest BCUT2D eigenvalue weighted by Crippen LogP contribution is 2.10. The predicted molar refractivity (Wildman–Crippen MR) is 61.5 cm³/mol. The Bertz CT molecular complexity index is 203. The minimum absolute atomic E-state index is 0.0117. The molecule has 0 aromatic rings. The molecule has 0 aromatic heterocycles. The summed E-state index contributed by atoms with van der Waals surface area (Å²) in [6.07, 6.45) is 0. The van der Waals surface area contributed by atoms with E-state index in [2.05, 4.69) is 5.32 Å². The van der Waals surface area contributed by atoms with E-state index in [1.165, 1.54) is 0 Å². The van der Waals surface area contributed by atoms with Gasteiger partial charge in [0.1, 0.15) is 0 Å². The van der Waals surface area contributed by atoms with Gasteiger partial charge in [0.2, 0.25) is 5.91 Å². The molecule has 0 aliphatic heterocycles. The lowest BCUT2D eigenvalue weighted by molar-refractivity contribution is -0.127. The number of amides is 1. The van der Waals surface area contributed by atoms with Gasteiger partial charge >= 0.3 is 0 Å². The lowest BCUT2D eigenvalue weighted by Crippen LogP contribution is -2.44. The quantitative estimate of drug-likeness (QED) is 0.689. The normalized spacial score (nSPS) is 14.1. The molecule has 0 fully saturated rings. The van der Waals surface area contributed by atoms with Gasteiger partial charge in [0.05, 0.1) is 11.5 Å². The van der Waals surface area contributed by atoms with Gasteiger partial charge in [0, 0.05) is 20.2 Å². The molecule has 4 heteroatoms. The molecule has 4 nitrogen and oxygen atoms in total. The van der Waals surface area contributed by atoms with Crippen LogP contribution in [0.3, 0.4) is 0 Å². The van der Waals surface area contributed by atoms with E-state index in [1.807, 2.05) is 27.7 Å². The maximum absolute atomic E-state index is 11.7. The summed E-state index contributed by atoms with van der Waals surface area (Å²) in [6.45, 7) is 8.75. The van der Waals surface area contributed by atoms with Crippen LogP contribution in [0.25, 0.3) is 0 Å². The lowest BCUT2D eigenvalue weighted by atomic mass is 9.95. The second-order valence-electron chi connectivity index (χ2n) is 4.77. The number of nitrogens with two attached hydrogens (primary N) is 1. The molecular weight excluding hydrogens is 192 g/mol. The first-order chi connectivity index (χ1) is 6.84. The zero-order valence-corrected chi connectivity index (χ0v) is 10.5. The van der Waals surface area contributed by atoms with Crippen molar-refractivity contribution in [3.8, 4) is 0 Å². The Balaban J connectivity index is 4.13. The smallest absolute Gasteiger partial charge is 0.224 e.